The van der Waals surface area contributed by atoms with E-state index in [1.54, 1.807) is 6.20 Å². The molecule has 100 valence electrons. The van der Waals surface area contributed by atoms with Crippen LogP contribution in [0.3, 0.4) is 0 Å². The highest BCUT2D eigenvalue weighted by molar-refractivity contribution is 5.70. The third kappa shape index (κ3) is 2.88. The van der Waals surface area contributed by atoms with E-state index >= 15 is 0 Å². The molecule has 3 aromatic rings. The van der Waals surface area contributed by atoms with Crippen molar-refractivity contribution in [3.63, 3.8) is 0 Å². The Bertz CT molecular complexity index is 648. The zero-order chi connectivity index (χ0) is 13.6. The summed E-state index contributed by atoms with van der Waals surface area (Å²) in [6, 6.07) is 20.3. The van der Waals surface area contributed by atoms with Gasteiger partial charge in [-0.05, 0) is 17.7 Å². The van der Waals surface area contributed by atoms with Gasteiger partial charge in [-0.25, -0.2) is 0 Å². The van der Waals surface area contributed by atoms with Gasteiger partial charge < -0.3 is 4.74 Å². The predicted molar refractivity (Wildman–Crippen MR) is 79.6 cm³/mol. The maximum Gasteiger partial charge on any atom is 0.127 e. The van der Waals surface area contributed by atoms with Gasteiger partial charge in [-0.1, -0.05) is 48.5 Å². The highest BCUT2D eigenvalue weighted by Gasteiger charge is 2.05. The normalized spacial score (nSPS) is 10.4. The molecule has 2 aromatic carbocycles. The lowest BCUT2D eigenvalue weighted by atomic mass is 10.1. The van der Waals surface area contributed by atoms with Crippen LogP contribution in [0.15, 0.2) is 73.1 Å². The fourth-order valence-electron chi connectivity index (χ4n) is 2.13. The zero-order valence-electron chi connectivity index (χ0n) is 11.1. The van der Waals surface area contributed by atoms with Gasteiger partial charge in [0.25, 0.3) is 0 Å². The van der Waals surface area contributed by atoms with Crippen LogP contribution in [0, 0.1) is 0 Å². The van der Waals surface area contributed by atoms with E-state index in [1.807, 2.05) is 53.3 Å². The Hall–Kier alpha value is -2.55. The zero-order valence-corrected chi connectivity index (χ0v) is 11.1. The number of ether oxygens (including phenoxy) is 1. The van der Waals surface area contributed by atoms with Gasteiger partial charge in [0.2, 0.25) is 0 Å². The van der Waals surface area contributed by atoms with Gasteiger partial charge in [-0.2, -0.15) is 5.10 Å². The second-order valence-corrected chi connectivity index (χ2v) is 4.48. The van der Waals surface area contributed by atoms with Gasteiger partial charge in [-0.15, -0.1) is 0 Å². The van der Waals surface area contributed by atoms with Crippen molar-refractivity contribution in [1.82, 2.24) is 9.78 Å². The van der Waals surface area contributed by atoms with E-state index in [1.165, 1.54) is 5.56 Å². The van der Waals surface area contributed by atoms with E-state index in [4.69, 9.17) is 4.74 Å². The second-order valence-electron chi connectivity index (χ2n) is 4.48. The van der Waals surface area contributed by atoms with Crippen LogP contribution in [0.25, 0.3) is 11.1 Å². The molecule has 20 heavy (non-hydrogen) atoms. The van der Waals surface area contributed by atoms with E-state index in [2.05, 4.69) is 23.3 Å². The van der Waals surface area contributed by atoms with Crippen molar-refractivity contribution >= 4 is 0 Å². The van der Waals surface area contributed by atoms with E-state index < -0.39 is 0 Å². The van der Waals surface area contributed by atoms with Gasteiger partial charge in [0.05, 0.1) is 6.54 Å². The van der Waals surface area contributed by atoms with Crippen LogP contribution >= 0.6 is 0 Å². The monoisotopic (exact) mass is 264 g/mol. The lowest BCUT2D eigenvalue weighted by molar-refractivity contribution is 0.292. The molecule has 0 saturated heterocycles. The molecule has 3 heteroatoms. The van der Waals surface area contributed by atoms with E-state index in [-0.39, 0.29) is 0 Å². The summed E-state index contributed by atoms with van der Waals surface area (Å²) in [5.74, 6) is 0.908. The number of benzene rings is 2. The summed E-state index contributed by atoms with van der Waals surface area (Å²) >= 11 is 0. The third-order valence-electron chi connectivity index (χ3n) is 3.11. The average molecular weight is 264 g/mol. The molecule has 1 aromatic heterocycles. The number of aromatic nitrogens is 2. The molecule has 0 aliphatic carbocycles. The van der Waals surface area contributed by atoms with Gasteiger partial charge >= 0.3 is 0 Å². The van der Waals surface area contributed by atoms with E-state index in [9.17, 15) is 0 Å². The first-order valence-electron chi connectivity index (χ1n) is 6.68. The molecule has 0 atom stereocenters. The second kappa shape index (κ2) is 6.06. The molecule has 0 unspecified atom stereocenters. The first-order chi connectivity index (χ1) is 9.93. The van der Waals surface area contributed by atoms with Crippen molar-refractivity contribution < 1.29 is 4.74 Å². The fourth-order valence-corrected chi connectivity index (χ4v) is 2.13. The fraction of sp³-hybridized carbons (Fsp3) is 0.118. The van der Waals surface area contributed by atoms with Crippen LogP contribution in [0.2, 0.25) is 0 Å². The molecule has 3 rings (SSSR count). The topological polar surface area (TPSA) is 27.1 Å². The van der Waals surface area contributed by atoms with Crippen molar-refractivity contribution in [1.29, 1.82) is 0 Å². The van der Waals surface area contributed by atoms with Crippen molar-refractivity contribution in [3.05, 3.63) is 73.1 Å². The third-order valence-corrected chi connectivity index (χ3v) is 3.11. The molecule has 0 saturated carbocycles. The van der Waals surface area contributed by atoms with E-state index in [0.717, 1.165) is 17.9 Å². The molecule has 0 radical (unpaired) electrons. The van der Waals surface area contributed by atoms with Gasteiger partial charge in [0.15, 0.2) is 0 Å². The Morgan fingerprint density at radius 3 is 2.50 bits per heavy atom. The lowest BCUT2D eigenvalue weighted by Crippen LogP contribution is -2.08. The van der Waals surface area contributed by atoms with Crippen LogP contribution in [0.5, 0.6) is 5.75 Å². The molecule has 0 spiro atoms. The minimum absolute atomic E-state index is 0.603. The first kappa shape index (κ1) is 12.5. The number of hydrogen-bond donors (Lipinski definition) is 0. The lowest BCUT2D eigenvalue weighted by Gasteiger charge is -2.11. The summed E-state index contributed by atoms with van der Waals surface area (Å²) in [5, 5.41) is 4.16. The van der Waals surface area contributed by atoms with Crippen LogP contribution in [0.1, 0.15) is 0 Å². The molecular formula is C17H16N2O. The van der Waals surface area contributed by atoms with E-state index in [0.29, 0.717) is 6.61 Å². The molecule has 0 fully saturated rings. The van der Waals surface area contributed by atoms with Crippen molar-refractivity contribution in [3.8, 4) is 16.9 Å². The standard InChI is InChI=1S/C17H16N2O/c1-2-7-15(8-3-1)16-9-4-5-10-17(16)20-14-13-19-12-6-11-18-19/h1-12H,13-14H2. The molecule has 0 N–H and O–H groups in total. The molecule has 3 nitrogen and oxygen atoms in total. The Morgan fingerprint density at radius 2 is 1.70 bits per heavy atom. The number of nitrogens with zero attached hydrogens (tertiary/aromatic N) is 2. The van der Waals surface area contributed by atoms with Crippen LogP contribution in [-0.2, 0) is 6.54 Å². The maximum absolute atomic E-state index is 5.90. The SMILES string of the molecule is c1ccc(-c2ccccc2OCCn2cccn2)cc1. The van der Waals surface area contributed by atoms with Gasteiger partial charge in [0.1, 0.15) is 12.4 Å². The van der Waals surface area contributed by atoms with Crippen molar-refractivity contribution in [2.75, 3.05) is 6.61 Å². The minimum atomic E-state index is 0.603. The first-order valence-corrected chi connectivity index (χ1v) is 6.68. The summed E-state index contributed by atoms with van der Waals surface area (Å²) in [6.07, 6.45) is 3.71. The average Bonchev–Trinajstić information content (AvgIpc) is 3.02. The highest BCUT2D eigenvalue weighted by Crippen LogP contribution is 2.29. The summed E-state index contributed by atoms with van der Waals surface area (Å²) in [6.45, 7) is 1.35. The molecule has 0 bridgehead atoms. The Labute approximate surface area is 118 Å². The predicted octanol–water partition coefficient (Wildman–Crippen LogP) is 3.63. The van der Waals surface area contributed by atoms with Crippen LogP contribution in [0.4, 0.5) is 0 Å². The molecular weight excluding hydrogens is 248 g/mol. The Balaban J connectivity index is 1.73. The number of para-hydroxylation sites is 1. The summed E-state index contributed by atoms with van der Waals surface area (Å²) in [7, 11) is 0. The summed E-state index contributed by atoms with van der Waals surface area (Å²) in [4.78, 5) is 0. The molecule has 1 heterocycles. The van der Waals surface area contributed by atoms with Gasteiger partial charge in [0, 0.05) is 18.0 Å². The molecule has 0 aliphatic heterocycles. The van der Waals surface area contributed by atoms with Crippen molar-refractivity contribution in [2.24, 2.45) is 0 Å². The number of rotatable bonds is 5. The Morgan fingerprint density at radius 1 is 0.900 bits per heavy atom. The van der Waals surface area contributed by atoms with Crippen LogP contribution < -0.4 is 4.74 Å². The molecule has 0 amide bonds. The van der Waals surface area contributed by atoms with Gasteiger partial charge in [-0.3, -0.25) is 4.68 Å². The smallest absolute Gasteiger partial charge is 0.127 e. The number of hydrogen-bond acceptors (Lipinski definition) is 2. The maximum atomic E-state index is 5.90. The summed E-state index contributed by atoms with van der Waals surface area (Å²) < 4.78 is 7.77. The quantitative estimate of drug-likeness (QED) is 0.703. The molecule has 0 aliphatic rings. The Kier molecular flexibility index (Phi) is 3.78. The van der Waals surface area contributed by atoms with Crippen LogP contribution in [-0.4, -0.2) is 16.4 Å². The largest absolute Gasteiger partial charge is 0.491 e. The summed E-state index contributed by atoms with van der Waals surface area (Å²) in [5.41, 5.74) is 2.29. The highest BCUT2D eigenvalue weighted by atomic mass is 16.5. The minimum Gasteiger partial charge on any atom is -0.491 e. The van der Waals surface area contributed by atoms with Crippen molar-refractivity contribution in [2.45, 2.75) is 6.54 Å².